The Kier molecular flexibility index (Phi) is 3.11. The van der Waals surface area contributed by atoms with Crippen LogP contribution in [0.1, 0.15) is 12.5 Å². The van der Waals surface area contributed by atoms with Crippen molar-refractivity contribution < 1.29 is 19.3 Å². The topological polar surface area (TPSA) is 47.9 Å². The molecule has 3 rings (SSSR count). The fourth-order valence-electron chi connectivity index (χ4n) is 2.80. The van der Waals surface area contributed by atoms with Gasteiger partial charge in [-0.1, -0.05) is 30.3 Å². The van der Waals surface area contributed by atoms with Gasteiger partial charge in [0.15, 0.2) is 5.79 Å². The highest BCUT2D eigenvalue weighted by Crippen LogP contribution is 2.42. The molecule has 4 atom stereocenters. The third-order valence-corrected chi connectivity index (χ3v) is 3.80. The number of fused-ring (bicyclic) bond motifs is 1. The molecule has 0 amide bonds. The van der Waals surface area contributed by atoms with Gasteiger partial charge in [-0.25, -0.2) is 0 Å². The second-order valence-electron chi connectivity index (χ2n) is 5.07. The Bertz CT molecular complexity index is 408. The lowest BCUT2D eigenvalue weighted by Crippen LogP contribution is -2.37. The van der Waals surface area contributed by atoms with Gasteiger partial charge < -0.3 is 19.3 Å². The third-order valence-electron chi connectivity index (χ3n) is 3.80. The summed E-state index contributed by atoms with van der Waals surface area (Å²) in [6.45, 7) is 3.21. The molecule has 4 nitrogen and oxygen atoms in total. The maximum atomic E-state index is 9.95. The number of benzene rings is 1. The number of ether oxygens (including phenoxy) is 3. The molecule has 0 aromatic heterocycles. The largest absolute Gasteiger partial charge is 0.390 e. The molecule has 1 N–H and O–H groups in total. The molecule has 0 radical (unpaired) electrons. The van der Waals surface area contributed by atoms with Crippen molar-refractivity contribution in [1.82, 2.24) is 0 Å². The van der Waals surface area contributed by atoms with Crippen molar-refractivity contribution in [1.29, 1.82) is 0 Å². The van der Waals surface area contributed by atoms with Gasteiger partial charge in [0, 0.05) is 0 Å². The lowest BCUT2D eigenvalue weighted by molar-refractivity contribution is -0.181. The fourth-order valence-corrected chi connectivity index (χ4v) is 2.80. The van der Waals surface area contributed by atoms with E-state index in [0.29, 0.717) is 19.8 Å². The van der Waals surface area contributed by atoms with Gasteiger partial charge in [-0.2, -0.15) is 0 Å². The molecule has 0 spiro atoms. The highest BCUT2D eigenvalue weighted by molar-refractivity contribution is 5.13. The predicted octanol–water partition coefficient (Wildman–Crippen LogP) is 1.33. The van der Waals surface area contributed by atoms with E-state index in [0.717, 1.165) is 5.56 Å². The minimum Gasteiger partial charge on any atom is -0.390 e. The predicted molar refractivity (Wildman–Crippen MR) is 64.8 cm³/mol. The van der Waals surface area contributed by atoms with E-state index in [9.17, 15) is 5.11 Å². The van der Waals surface area contributed by atoms with Gasteiger partial charge in [-0.3, -0.25) is 0 Å². The highest BCUT2D eigenvalue weighted by atomic mass is 16.7. The first-order chi connectivity index (χ1) is 8.69. The molecule has 0 unspecified atom stereocenters. The van der Waals surface area contributed by atoms with Gasteiger partial charge >= 0.3 is 0 Å². The summed E-state index contributed by atoms with van der Waals surface area (Å²) in [4.78, 5) is 0. The van der Waals surface area contributed by atoms with Crippen LogP contribution >= 0.6 is 0 Å². The van der Waals surface area contributed by atoms with Crippen molar-refractivity contribution in [3.8, 4) is 0 Å². The molecule has 1 aromatic rings. The first-order valence-corrected chi connectivity index (χ1v) is 6.30. The Labute approximate surface area is 106 Å². The van der Waals surface area contributed by atoms with Crippen molar-refractivity contribution in [2.45, 2.75) is 31.5 Å². The van der Waals surface area contributed by atoms with Crippen LogP contribution in [0.15, 0.2) is 30.3 Å². The molecule has 0 saturated carbocycles. The van der Waals surface area contributed by atoms with Crippen molar-refractivity contribution in [3.05, 3.63) is 35.9 Å². The Morgan fingerprint density at radius 2 is 2.00 bits per heavy atom. The summed E-state index contributed by atoms with van der Waals surface area (Å²) in [5.74, 6) is -0.776. The molecule has 18 heavy (non-hydrogen) atoms. The van der Waals surface area contributed by atoms with Gasteiger partial charge in [0.2, 0.25) is 0 Å². The molecule has 0 aliphatic carbocycles. The standard InChI is InChI=1S/C14H18O4/c1-14-13(11(15)8-17-14)12(9-18-14)16-7-10-5-3-2-4-6-10/h2-6,11-13,15H,7-9H2,1H3/t11-,12-,13+,14-/m0/s1. The summed E-state index contributed by atoms with van der Waals surface area (Å²) in [5, 5.41) is 9.95. The van der Waals surface area contributed by atoms with Crippen LogP contribution < -0.4 is 0 Å². The van der Waals surface area contributed by atoms with Gasteiger partial charge in [0.1, 0.15) is 0 Å². The van der Waals surface area contributed by atoms with Crippen LogP contribution in [0.2, 0.25) is 0 Å². The minimum absolute atomic E-state index is 0.0961. The van der Waals surface area contributed by atoms with Crippen molar-refractivity contribution >= 4 is 0 Å². The quantitative estimate of drug-likeness (QED) is 0.879. The normalized spacial score (nSPS) is 38.9. The lowest BCUT2D eigenvalue weighted by Gasteiger charge is -2.24. The van der Waals surface area contributed by atoms with E-state index >= 15 is 0 Å². The highest BCUT2D eigenvalue weighted by Gasteiger charge is 2.56. The van der Waals surface area contributed by atoms with E-state index in [1.165, 1.54) is 0 Å². The average Bonchev–Trinajstić information content (AvgIpc) is 2.86. The van der Waals surface area contributed by atoms with Crippen LogP contribution in [0.3, 0.4) is 0 Å². The Morgan fingerprint density at radius 1 is 1.28 bits per heavy atom. The first kappa shape index (κ1) is 12.1. The lowest BCUT2D eigenvalue weighted by atomic mass is 9.94. The molecule has 2 fully saturated rings. The van der Waals surface area contributed by atoms with Gasteiger partial charge in [-0.15, -0.1) is 0 Å². The van der Waals surface area contributed by atoms with Crippen LogP contribution in [-0.4, -0.2) is 36.3 Å². The van der Waals surface area contributed by atoms with E-state index in [-0.39, 0.29) is 12.0 Å². The van der Waals surface area contributed by atoms with Crippen LogP contribution in [0.5, 0.6) is 0 Å². The zero-order valence-electron chi connectivity index (χ0n) is 10.4. The smallest absolute Gasteiger partial charge is 0.173 e. The Morgan fingerprint density at radius 3 is 2.78 bits per heavy atom. The van der Waals surface area contributed by atoms with Gasteiger partial charge in [0.05, 0.1) is 37.9 Å². The summed E-state index contributed by atoms with van der Waals surface area (Å²) in [6, 6.07) is 10.0. The third kappa shape index (κ3) is 2.06. The molecule has 2 aliphatic heterocycles. The summed E-state index contributed by atoms with van der Waals surface area (Å²) >= 11 is 0. The SMILES string of the molecule is C[C@]12OC[C@H](OCc3ccccc3)[C@H]1[C@@H](O)CO2. The molecule has 4 heteroatoms. The van der Waals surface area contributed by atoms with Crippen LogP contribution in [0, 0.1) is 5.92 Å². The Balaban J connectivity index is 1.64. The molecule has 2 heterocycles. The van der Waals surface area contributed by atoms with Crippen molar-refractivity contribution in [2.75, 3.05) is 13.2 Å². The number of hydrogen-bond donors (Lipinski definition) is 1. The van der Waals surface area contributed by atoms with E-state index in [1.54, 1.807) is 0 Å². The molecular formula is C14H18O4. The zero-order chi connectivity index (χ0) is 12.6. The zero-order valence-corrected chi connectivity index (χ0v) is 10.4. The number of rotatable bonds is 3. The van der Waals surface area contributed by atoms with Crippen LogP contribution in [-0.2, 0) is 20.8 Å². The van der Waals surface area contributed by atoms with Crippen LogP contribution in [0.25, 0.3) is 0 Å². The second kappa shape index (κ2) is 4.63. The first-order valence-electron chi connectivity index (χ1n) is 6.30. The van der Waals surface area contributed by atoms with Crippen molar-refractivity contribution in [2.24, 2.45) is 5.92 Å². The molecule has 1 aromatic carbocycles. The maximum absolute atomic E-state index is 9.95. The fraction of sp³-hybridized carbons (Fsp3) is 0.571. The van der Waals surface area contributed by atoms with E-state index in [1.807, 2.05) is 37.3 Å². The molecular weight excluding hydrogens is 232 g/mol. The molecule has 98 valence electrons. The summed E-state index contributed by atoms with van der Waals surface area (Å²) in [5.41, 5.74) is 1.12. The van der Waals surface area contributed by atoms with E-state index in [4.69, 9.17) is 14.2 Å². The number of aliphatic hydroxyl groups excluding tert-OH is 1. The average molecular weight is 250 g/mol. The molecule has 0 bridgehead atoms. The second-order valence-corrected chi connectivity index (χ2v) is 5.07. The van der Waals surface area contributed by atoms with E-state index in [2.05, 4.69) is 0 Å². The van der Waals surface area contributed by atoms with E-state index < -0.39 is 11.9 Å². The molecule has 2 saturated heterocycles. The summed E-state index contributed by atoms with van der Waals surface area (Å²) in [6.07, 6.45) is -0.606. The Hall–Kier alpha value is -0.940. The number of aliphatic hydroxyl groups is 1. The summed E-state index contributed by atoms with van der Waals surface area (Å²) < 4.78 is 17.0. The summed E-state index contributed by atoms with van der Waals surface area (Å²) in [7, 11) is 0. The van der Waals surface area contributed by atoms with Gasteiger partial charge in [-0.05, 0) is 12.5 Å². The number of hydrogen-bond acceptors (Lipinski definition) is 4. The molecule has 2 aliphatic rings. The van der Waals surface area contributed by atoms with Gasteiger partial charge in [0.25, 0.3) is 0 Å². The van der Waals surface area contributed by atoms with Crippen molar-refractivity contribution in [3.63, 3.8) is 0 Å². The monoisotopic (exact) mass is 250 g/mol. The minimum atomic E-state index is -0.680. The van der Waals surface area contributed by atoms with Crippen LogP contribution in [0.4, 0.5) is 0 Å². The maximum Gasteiger partial charge on any atom is 0.173 e.